The standard InChI is InChI=1S/C15H23N/c1-3-5-7-10-13(4-2)15(16)14-11-8-6-9-12-14/h4,6,8-9,11-13,15H,2-3,5,7,10,16H2,1H3. The van der Waals surface area contributed by atoms with Crippen LogP contribution in [0.4, 0.5) is 0 Å². The Balaban J connectivity index is 2.55. The van der Waals surface area contributed by atoms with Gasteiger partial charge in [-0.2, -0.15) is 0 Å². The van der Waals surface area contributed by atoms with Crippen molar-refractivity contribution in [3.05, 3.63) is 48.6 Å². The third-order valence-electron chi connectivity index (χ3n) is 3.09. The second kappa shape index (κ2) is 7.24. The van der Waals surface area contributed by atoms with Gasteiger partial charge in [0.15, 0.2) is 0 Å². The van der Waals surface area contributed by atoms with Crippen LogP contribution in [-0.4, -0.2) is 0 Å². The molecule has 1 nitrogen and oxygen atoms in total. The lowest BCUT2D eigenvalue weighted by atomic mass is 9.89. The lowest BCUT2D eigenvalue weighted by molar-refractivity contribution is 0.461. The van der Waals surface area contributed by atoms with Crippen LogP contribution in [0.15, 0.2) is 43.0 Å². The van der Waals surface area contributed by atoms with E-state index in [1.165, 1.54) is 24.8 Å². The molecule has 0 spiro atoms. The molecule has 0 aliphatic rings. The van der Waals surface area contributed by atoms with E-state index in [1.54, 1.807) is 0 Å². The molecule has 0 bridgehead atoms. The minimum Gasteiger partial charge on any atom is -0.323 e. The van der Waals surface area contributed by atoms with Gasteiger partial charge in [-0.25, -0.2) is 0 Å². The Kier molecular flexibility index (Phi) is 5.87. The number of nitrogens with two attached hydrogens (primary N) is 1. The van der Waals surface area contributed by atoms with Crippen LogP contribution in [0.25, 0.3) is 0 Å². The summed E-state index contributed by atoms with van der Waals surface area (Å²) in [6.45, 7) is 6.13. The Morgan fingerprint density at radius 1 is 1.25 bits per heavy atom. The summed E-state index contributed by atoms with van der Waals surface area (Å²) in [5, 5.41) is 0. The van der Waals surface area contributed by atoms with E-state index in [2.05, 4.69) is 25.6 Å². The highest BCUT2D eigenvalue weighted by Gasteiger charge is 2.15. The van der Waals surface area contributed by atoms with Gasteiger partial charge in [0.1, 0.15) is 0 Å². The zero-order valence-corrected chi connectivity index (χ0v) is 10.2. The lowest BCUT2D eigenvalue weighted by Gasteiger charge is -2.21. The van der Waals surface area contributed by atoms with E-state index in [0.29, 0.717) is 5.92 Å². The predicted molar refractivity (Wildman–Crippen MR) is 71.2 cm³/mol. The highest BCUT2D eigenvalue weighted by atomic mass is 14.6. The monoisotopic (exact) mass is 217 g/mol. The predicted octanol–water partition coefficient (Wildman–Crippen LogP) is 4.07. The van der Waals surface area contributed by atoms with Crippen molar-refractivity contribution in [2.24, 2.45) is 11.7 Å². The second-order valence-electron chi connectivity index (χ2n) is 4.33. The van der Waals surface area contributed by atoms with Crippen LogP contribution in [-0.2, 0) is 0 Å². The van der Waals surface area contributed by atoms with Gasteiger partial charge in [-0.05, 0) is 17.9 Å². The van der Waals surface area contributed by atoms with E-state index < -0.39 is 0 Å². The Morgan fingerprint density at radius 2 is 1.94 bits per heavy atom. The Morgan fingerprint density at radius 3 is 2.50 bits per heavy atom. The summed E-state index contributed by atoms with van der Waals surface area (Å²) in [4.78, 5) is 0. The van der Waals surface area contributed by atoms with Crippen LogP contribution in [0.3, 0.4) is 0 Å². The normalized spacial score (nSPS) is 14.4. The highest BCUT2D eigenvalue weighted by molar-refractivity contribution is 5.20. The van der Waals surface area contributed by atoms with Crippen LogP contribution in [0.2, 0.25) is 0 Å². The number of hydrogen-bond donors (Lipinski definition) is 1. The molecule has 0 saturated carbocycles. The average Bonchev–Trinajstić information content (AvgIpc) is 2.35. The average molecular weight is 217 g/mol. The van der Waals surface area contributed by atoms with Crippen molar-refractivity contribution in [2.45, 2.75) is 38.6 Å². The maximum Gasteiger partial charge on any atom is 0.0358 e. The summed E-state index contributed by atoms with van der Waals surface area (Å²) in [7, 11) is 0. The summed E-state index contributed by atoms with van der Waals surface area (Å²) in [5.41, 5.74) is 7.47. The van der Waals surface area contributed by atoms with Gasteiger partial charge >= 0.3 is 0 Å². The summed E-state index contributed by atoms with van der Waals surface area (Å²) in [6, 6.07) is 10.4. The molecule has 16 heavy (non-hydrogen) atoms. The molecule has 0 aromatic heterocycles. The van der Waals surface area contributed by atoms with Crippen molar-refractivity contribution in [1.29, 1.82) is 0 Å². The molecule has 0 saturated heterocycles. The van der Waals surface area contributed by atoms with E-state index in [-0.39, 0.29) is 6.04 Å². The molecule has 88 valence electrons. The van der Waals surface area contributed by atoms with Crippen LogP contribution in [0.1, 0.15) is 44.2 Å². The minimum absolute atomic E-state index is 0.0931. The summed E-state index contributed by atoms with van der Waals surface area (Å²) in [5.74, 6) is 0.397. The number of hydrogen-bond acceptors (Lipinski definition) is 1. The fraction of sp³-hybridized carbons (Fsp3) is 0.467. The molecule has 1 aromatic rings. The van der Waals surface area contributed by atoms with Crippen molar-refractivity contribution in [3.8, 4) is 0 Å². The fourth-order valence-corrected chi connectivity index (χ4v) is 2.00. The highest BCUT2D eigenvalue weighted by Crippen LogP contribution is 2.25. The Labute approximate surface area is 99.4 Å². The zero-order chi connectivity index (χ0) is 11.8. The van der Waals surface area contributed by atoms with E-state index in [0.717, 1.165) is 6.42 Å². The molecule has 0 fully saturated rings. The molecule has 0 aliphatic heterocycles. The van der Waals surface area contributed by atoms with Crippen LogP contribution in [0.5, 0.6) is 0 Å². The van der Waals surface area contributed by atoms with Crippen molar-refractivity contribution in [2.75, 3.05) is 0 Å². The number of benzene rings is 1. The van der Waals surface area contributed by atoms with Gasteiger partial charge in [-0.1, -0.05) is 62.6 Å². The SMILES string of the molecule is C=CC(CCCCC)C(N)c1ccccc1. The number of unbranched alkanes of at least 4 members (excludes halogenated alkanes) is 2. The van der Waals surface area contributed by atoms with Gasteiger partial charge < -0.3 is 5.73 Å². The van der Waals surface area contributed by atoms with Crippen molar-refractivity contribution in [3.63, 3.8) is 0 Å². The maximum absolute atomic E-state index is 6.26. The van der Waals surface area contributed by atoms with E-state index in [1.807, 2.05) is 24.3 Å². The molecule has 2 atom stereocenters. The first-order chi connectivity index (χ1) is 7.79. The Hall–Kier alpha value is -1.08. The second-order valence-corrected chi connectivity index (χ2v) is 4.33. The molecule has 1 heteroatoms. The van der Waals surface area contributed by atoms with Crippen LogP contribution in [0, 0.1) is 5.92 Å². The molecule has 2 unspecified atom stereocenters. The largest absolute Gasteiger partial charge is 0.323 e. The molecule has 0 radical (unpaired) electrons. The summed E-state index contributed by atoms with van der Waals surface area (Å²) < 4.78 is 0. The van der Waals surface area contributed by atoms with E-state index in [9.17, 15) is 0 Å². The first-order valence-corrected chi connectivity index (χ1v) is 6.22. The molecule has 1 aromatic carbocycles. The van der Waals surface area contributed by atoms with Gasteiger partial charge in [0.25, 0.3) is 0 Å². The minimum atomic E-state index is 0.0931. The van der Waals surface area contributed by atoms with Crippen molar-refractivity contribution >= 4 is 0 Å². The molecular weight excluding hydrogens is 194 g/mol. The lowest BCUT2D eigenvalue weighted by Crippen LogP contribution is -2.19. The van der Waals surface area contributed by atoms with Gasteiger partial charge in [0, 0.05) is 6.04 Å². The van der Waals surface area contributed by atoms with Crippen molar-refractivity contribution < 1.29 is 0 Å². The maximum atomic E-state index is 6.26. The third kappa shape index (κ3) is 3.82. The molecule has 1 rings (SSSR count). The summed E-state index contributed by atoms with van der Waals surface area (Å²) in [6.07, 6.45) is 6.94. The zero-order valence-electron chi connectivity index (χ0n) is 10.2. The first-order valence-electron chi connectivity index (χ1n) is 6.22. The molecular formula is C15H23N. The Bertz CT molecular complexity index is 292. The number of rotatable bonds is 7. The van der Waals surface area contributed by atoms with Gasteiger partial charge in [0.05, 0.1) is 0 Å². The van der Waals surface area contributed by atoms with E-state index in [4.69, 9.17) is 5.73 Å². The van der Waals surface area contributed by atoms with Crippen LogP contribution < -0.4 is 5.73 Å². The summed E-state index contributed by atoms with van der Waals surface area (Å²) >= 11 is 0. The topological polar surface area (TPSA) is 26.0 Å². The van der Waals surface area contributed by atoms with Crippen LogP contribution >= 0.6 is 0 Å². The first kappa shape index (κ1) is 13.0. The molecule has 0 heterocycles. The quantitative estimate of drug-likeness (QED) is 0.541. The smallest absolute Gasteiger partial charge is 0.0358 e. The molecule has 0 amide bonds. The van der Waals surface area contributed by atoms with Gasteiger partial charge in [-0.3, -0.25) is 0 Å². The third-order valence-corrected chi connectivity index (χ3v) is 3.09. The van der Waals surface area contributed by atoms with Gasteiger partial charge in [0.2, 0.25) is 0 Å². The van der Waals surface area contributed by atoms with Crippen molar-refractivity contribution in [1.82, 2.24) is 0 Å². The van der Waals surface area contributed by atoms with E-state index >= 15 is 0 Å². The molecule has 0 aliphatic carbocycles. The van der Waals surface area contributed by atoms with Gasteiger partial charge in [-0.15, -0.1) is 6.58 Å². The molecule has 2 N–H and O–H groups in total. The fourth-order valence-electron chi connectivity index (χ4n) is 2.00.